The number of fused-ring (bicyclic) bond motifs is 1. The Kier molecular flexibility index (Phi) is 8.99. The van der Waals surface area contributed by atoms with E-state index in [1.54, 1.807) is 16.2 Å². The molecule has 0 radical (unpaired) electrons. The van der Waals surface area contributed by atoms with Crippen LogP contribution < -0.4 is 10.6 Å². The number of nitrogens with zero attached hydrogens (tertiary/aromatic N) is 5. The monoisotopic (exact) mass is 615 g/mol. The molecule has 0 aliphatic carbocycles. The number of aryl methyl sites for hydroxylation is 2. The fourth-order valence-corrected chi connectivity index (χ4v) is 6.48. The Morgan fingerprint density at radius 3 is 2.22 bits per heavy atom. The topological polar surface area (TPSA) is 80.4 Å². The fraction of sp³-hybridized carbons (Fsp3) is 0.316. The van der Waals surface area contributed by atoms with Gasteiger partial charge in [-0.25, -0.2) is 4.79 Å². The molecular formula is C38H41N5O3. The van der Waals surface area contributed by atoms with Crippen LogP contribution >= 0.6 is 0 Å². The number of carbonyl (C=O) groups is 2. The maximum Gasteiger partial charge on any atom is 0.329 e. The Labute approximate surface area is 269 Å². The molecule has 46 heavy (non-hydrogen) atoms. The zero-order valence-electron chi connectivity index (χ0n) is 27.1. The lowest BCUT2D eigenvalue weighted by molar-refractivity contribution is -0.121. The summed E-state index contributed by atoms with van der Waals surface area (Å²) < 4.78 is 3.13. The van der Waals surface area contributed by atoms with Crippen LogP contribution in [0.1, 0.15) is 43.9 Å². The number of Topliss-reactive ketones (excluding diaryl/α,β-unsaturated/α-hetero) is 2. The van der Waals surface area contributed by atoms with Crippen molar-refractivity contribution in [3.05, 3.63) is 107 Å². The molecule has 0 amide bonds. The molecular weight excluding hydrogens is 574 g/mol. The molecule has 1 saturated heterocycles. The second-order valence-electron chi connectivity index (χ2n) is 12.5. The average molecular weight is 616 g/mol. The smallest absolute Gasteiger partial charge is 0.329 e. The lowest BCUT2D eigenvalue weighted by atomic mass is 10.0. The number of pyridine rings is 1. The van der Waals surface area contributed by atoms with Gasteiger partial charge in [0.2, 0.25) is 0 Å². The summed E-state index contributed by atoms with van der Waals surface area (Å²) in [4.78, 5) is 47.0. The van der Waals surface area contributed by atoms with Gasteiger partial charge in [-0.1, -0.05) is 48.0 Å². The summed E-state index contributed by atoms with van der Waals surface area (Å²) >= 11 is 0. The molecule has 3 heterocycles. The lowest BCUT2D eigenvalue weighted by Crippen LogP contribution is -2.45. The minimum absolute atomic E-state index is 0.00439. The molecule has 1 unspecified atom stereocenters. The number of ketones is 2. The maximum absolute atomic E-state index is 13.2. The van der Waals surface area contributed by atoms with E-state index >= 15 is 0 Å². The van der Waals surface area contributed by atoms with Crippen LogP contribution in [0.15, 0.2) is 89.9 Å². The van der Waals surface area contributed by atoms with Crippen LogP contribution in [0, 0.1) is 6.92 Å². The molecule has 6 rings (SSSR count). The molecule has 0 saturated carbocycles. The second kappa shape index (κ2) is 13.3. The van der Waals surface area contributed by atoms with Gasteiger partial charge in [-0.15, -0.1) is 0 Å². The molecule has 3 aromatic carbocycles. The molecule has 2 aromatic heterocycles. The van der Waals surface area contributed by atoms with E-state index < -0.39 is 6.04 Å². The van der Waals surface area contributed by atoms with E-state index in [1.807, 2.05) is 24.4 Å². The predicted octanol–water partition coefficient (Wildman–Crippen LogP) is 6.20. The van der Waals surface area contributed by atoms with Gasteiger partial charge in [0.05, 0.1) is 22.8 Å². The van der Waals surface area contributed by atoms with E-state index in [4.69, 9.17) is 4.98 Å². The third-order valence-corrected chi connectivity index (χ3v) is 9.12. The van der Waals surface area contributed by atoms with Crippen LogP contribution in [0.3, 0.4) is 0 Å². The third kappa shape index (κ3) is 6.58. The van der Waals surface area contributed by atoms with E-state index in [0.29, 0.717) is 11.9 Å². The van der Waals surface area contributed by atoms with Gasteiger partial charge in [-0.3, -0.25) is 23.8 Å². The number of piperazine rings is 1. The first-order chi connectivity index (χ1) is 22.2. The van der Waals surface area contributed by atoms with Gasteiger partial charge in [0.1, 0.15) is 5.78 Å². The van der Waals surface area contributed by atoms with E-state index in [2.05, 4.69) is 77.4 Å². The Balaban J connectivity index is 1.10. The highest BCUT2D eigenvalue weighted by atomic mass is 16.2. The lowest BCUT2D eigenvalue weighted by Gasteiger charge is -2.36. The largest absolute Gasteiger partial charge is 0.369 e. The van der Waals surface area contributed by atoms with Gasteiger partial charge in [0.15, 0.2) is 5.78 Å². The molecule has 0 bridgehead atoms. The molecule has 0 N–H and O–H groups in total. The Morgan fingerprint density at radius 1 is 0.826 bits per heavy atom. The summed E-state index contributed by atoms with van der Waals surface area (Å²) in [7, 11) is 1.73. The van der Waals surface area contributed by atoms with Crippen LogP contribution in [-0.4, -0.2) is 56.8 Å². The van der Waals surface area contributed by atoms with Crippen molar-refractivity contribution in [2.24, 2.45) is 7.05 Å². The molecule has 8 heteroatoms. The highest BCUT2D eigenvalue weighted by molar-refractivity contribution is 5.87. The van der Waals surface area contributed by atoms with Gasteiger partial charge in [-0.05, 0) is 80.3 Å². The van der Waals surface area contributed by atoms with Crippen LogP contribution in [0.4, 0.5) is 5.69 Å². The first-order valence-corrected chi connectivity index (χ1v) is 16.0. The number of aromatic nitrogens is 3. The Bertz CT molecular complexity index is 1930. The highest BCUT2D eigenvalue weighted by Gasteiger charge is 2.24. The van der Waals surface area contributed by atoms with Crippen molar-refractivity contribution in [1.29, 1.82) is 0 Å². The highest BCUT2D eigenvalue weighted by Crippen LogP contribution is 2.29. The fourth-order valence-electron chi connectivity index (χ4n) is 6.48. The van der Waals surface area contributed by atoms with Crippen molar-refractivity contribution in [2.75, 3.05) is 31.1 Å². The molecule has 1 aliphatic heterocycles. The van der Waals surface area contributed by atoms with E-state index in [-0.39, 0.29) is 23.7 Å². The van der Waals surface area contributed by atoms with Crippen molar-refractivity contribution in [3.63, 3.8) is 0 Å². The molecule has 236 valence electrons. The third-order valence-electron chi connectivity index (χ3n) is 9.12. The zero-order chi connectivity index (χ0) is 32.4. The first kappa shape index (κ1) is 31.2. The average Bonchev–Trinajstić information content (AvgIpc) is 3.30. The number of benzene rings is 3. The minimum atomic E-state index is -0.660. The maximum atomic E-state index is 13.2. The molecule has 1 aliphatic rings. The van der Waals surface area contributed by atoms with Crippen molar-refractivity contribution in [1.82, 2.24) is 19.0 Å². The Hall–Kier alpha value is -4.82. The van der Waals surface area contributed by atoms with Gasteiger partial charge < -0.3 is 9.69 Å². The van der Waals surface area contributed by atoms with Crippen molar-refractivity contribution < 1.29 is 9.59 Å². The van der Waals surface area contributed by atoms with Gasteiger partial charge in [-0.2, -0.15) is 0 Å². The van der Waals surface area contributed by atoms with Gasteiger partial charge >= 0.3 is 5.69 Å². The van der Waals surface area contributed by atoms with Crippen LogP contribution in [0.5, 0.6) is 0 Å². The Morgan fingerprint density at radius 2 is 1.57 bits per heavy atom. The van der Waals surface area contributed by atoms with E-state index in [9.17, 15) is 14.4 Å². The summed E-state index contributed by atoms with van der Waals surface area (Å²) in [6.07, 6.45) is 2.58. The quantitative estimate of drug-likeness (QED) is 0.186. The number of anilines is 1. The number of imidazole rings is 1. The molecule has 8 nitrogen and oxygen atoms in total. The van der Waals surface area contributed by atoms with Gasteiger partial charge in [0, 0.05) is 63.6 Å². The van der Waals surface area contributed by atoms with Crippen LogP contribution in [0.2, 0.25) is 0 Å². The molecule has 1 fully saturated rings. The van der Waals surface area contributed by atoms with Crippen LogP contribution in [-0.2, 0) is 23.2 Å². The summed E-state index contributed by atoms with van der Waals surface area (Å²) in [6.45, 7) is 9.86. The van der Waals surface area contributed by atoms with Crippen LogP contribution in [0.25, 0.3) is 33.4 Å². The van der Waals surface area contributed by atoms with E-state index in [1.165, 1.54) is 30.7 Å². The number of hydrogen-bond donors (Lipinski definition) is 0. The van der Waals surface area contributed by atoms with Gasteiger partial charge in [0.25, 0.3) is 0 Å². The minimum Gasteiger partial charge on any atom is -0.369 e. The number of hydrogen-bond acceptors (Lipinski definition) is 6. The summed E-state index contributed by atoms with van der Waals surface area (Å²) in [5.74, 6) is -0.120. The summed E-state index contributed by atoms with van der Waals surface area (Å²) in [5, 5.41) is 0. The normalized spacial score (nSPS) is 14.5. The van der Waals surface area contributed by atoms with Crippen molar-refractivity contribution in [2.45, 2.75) is 46.2 Å². The van der Waals surface area contributed by atoms with Crippen molar-refractivity contribution in [3.8, 4) is 22.4 Å². The predicted molar refractivity (Wildman–Crippen MR) is 184 cm³/mol. The number of carbonyl (C=O) groups excluding carboxylic acids is 2. The zero-order valence-corrected chi connectivity index (χ0v) is 27.1. The SMILES string of the molecule is CC(=O)CCC(C(C)=O)n1c(=O)n(C)c2cc(-c3ccc(N4CCN(Cc5ccc(-c6cccc(C)c6)nc5)CC4)cc3)ccc21. The summed E-state index contributed by atoms with van der Waals surface area (Å²) in [5.41, 5.74) is 9.09. The molecule has 0 spiro atoms. The first-order valence-electron chi connectivity index (χ1n) is 16.0. The van der Waals surface area contributed by atoms with E-state index in [0.717, 1.165) is 60.6 Å². The molecule has 1 atom stereocenters. The number of rotatable bonds is 10. The summed E-state index contributed by atoms with van der Waals surface area (Å²) in [6, 6.07) is 26.6. The second-order valence-corrected chi connectivity index (χ2v) is 12.5. The standard InChI is InChI=1S/C38H41N5O3/c1-26-6-5-7-32(22-26)34-15-9-29(24-39-34)25-41-18-20-42(21-19-41)33-13-10-30(11-14-33)31-12-17-36-37(23-31)40(4)38(46)43(36)35(28(3)45)16-8-27(2)44/h5-7,9-15,17,22-24,35H,8,16,18-21,25H2,1-4H3. The van der Waals surface area contributed by atoms with Crippen molar-refractivity contribution >= 4 is 28.3 Å². The molecule has 5 aromatic rings.